The summed E-state index contributed by atoms with van der Waals surface area (Å²) in [6, 6.07) is 12.2. The van der Waals surface area contributed by atoms with Gasteiger partial charge < -0.3 is 21.8 Å². The van der Waals surface area contributed by atoms with Gasteiger partial charge in [0.05, 0.1) is 0 Å². The van der Waals surface area contributed by atoms with Gasteiger partial charge in [-0.2, -0.15) is 0 Å². The molecular weight excluding hydrogens is 352 g/mol. The summed E-state index contributed by atoms with van der Waals surface area (Å²) < 4.78 is 0. The van der Waals surface area contributed by atoms with Crippen LogP contribution >= 0.6 is 0 Å². The van der Waals surface area contributed by atoms with Crippen molar-refractivity contribution in [2.24, 2.45) is 0 Å². The maximum Gasteiger partial charge on any atom is 2.00 e. The molecule has 108 valence electrons. The van der Waals surface area contributed by atoms with Gasteiger partial charge in [-0.05, 0) is 49.9 Å². The van der Waals surface area contributed by atoms with Gasteiger partial charge in [-0.1, -0.05) is 53.3 Å². The molecule has 0 aliphatic heterocycles. The van der Waals surface area contributed by atoms with Crippen LogP contribution in [0.3, 0.4) is 0 Å². The summed E-state index contributed by atoms with van der Waals surface area (Å²) >= 11 is 0. The average Bonchev–Trinajstić information content (AvgIpc) is 2.35. The van der Waals surface area contributed by atoms with Gasteiger partial charge in [0, 0.05) is 8.32 Å². The Labute approximate surface area is 155 Å². The third-order valence-corrected chi connectivity index (χ3v) is 7.38. The normalized spacial score (nSPS) is 10.6. The van der Waals surface area contributed by atoms with Gasteiger partial charge in [0.25, 0.3) is 0 Å². The predicted molar refractivity (Wildman–Crippen MR) is 88.5 cm³/mol. The first-order chi connectivity index (χ1) is 8.85. The molecule has 2 aromatic carbocycles. The summed E-state index contributed by atoms with van der Waals surface area (Å²) in [6.45, 7) is 10.2. The molecule has 1 nitrogen and oxygen atoms in total. The summed E-state index contributed by atoms with van der Waals surface area (Å²) in [5, 5.41) is 2.03. The van der Waals surface area contributed by atoms with Gasteiger partial charge >= 0.3 is 23.1 Å². The van der Waals surface area contributed by atoms with Crippen LogP contribution in [0.25, 0.3) is 0 Å². The molecule has 0 heterocycles. The molecule has 0 spiro atoms. The molecule has 21 heavy (non-hydrogen) atoms. The molecule has 0 aliphatic carbocycles. The van der Waals surface area contributed by atoms with E-state index in [2.05, 4.69) is 39.8 Å². The Kier molecular flexibility index (Phi) is 7.87. The van der Waals surface area contributed by atoms with Crippen LogP contribution in [0.1, 0.15) is 22.3 Å². The Bertz CT molecular complexity index is 573. The zero-order valence-electron chi connectivity index (χ0n) is 13.5. The monoisotopic (exact) mass is 372 g/mol. The van der Waals surface area contributed by atoms with Crippen LogP contribution in [-0.4, -0.2) is 31.4 Å². The maximum absolute atomic E-state index is 13.4. The summed E-state index contributed by atoms with van der Waals surface area (Å²) in [7, 11) is -2.86. The van der Waals surface area contributed by atoms with E-state index < -0.39 is 8.32 Å². The van der Waals surface area contributed by atoms with Crippen molar-refractivity contribution in [3.8, 4) is 0 Å². The molecule has 0 amide bonds. The largest absolute Gasteiger partial charge is 2.00 e. The quantitative estimate of drug-likeness (QED) is 0.594. The second-order valence-electron chi connectivity index (χ2n) is 5.53. The molecule has 0 unspecified atom stereocenters. The van der Waals surface area contributed by atoms with Crippen LogP contribution < -0.4 is 32.2 Å². The van der Waals surface area contributed by atoms with E-state index in [1.165, 1.54) is 11.1 Å². The van der Waals surface area contributed by atoms with Crippen molar-refractivity contribution in [3.63, 3.8) is 0 Å². The van der Waals surface area contributed by atoms with Crippen LogP contribution in [0.15, 0.2) is 36.4 Å². The minimum atomic E-state index is -2.86. The van der Waals surface area contributed by atoms with Gasteiger partial charge in [-0.3, -0.25) is 0 Å². The van der Waals surface area contributed by atoms with Gasteiger partial charge in [0.15, 0.2) is 0 Å². The van der Waals surface area contributed by atoms with E-state index in [9.17, 15) is 4.80 Å². The summed E-state index contributed by atoms with van der Waals surface area (Å²) in [4.78, 5) is 13.4. The molecule has 0 N–H and O–H groups in total. The number of halogens is 1. The number of hydrogen-bond donors (Lipinski definition) is 0. The Balaban J connectivity index is 0.00000200. The standard InChI is InChI=1S/C17H21OSi.BrH.Mg/c1-12-8-6-10-16(14(12)3)19(5,18)17-11-7-9-13(2)15(17)4;;/h6-11H,1-5H3;1H;/q-1;;+2/p-1. The maximum atomic E-state index is 13.4. The first-order valence-electron chi connectivity index (χ1n) is 6.69. The summed E-state index contributed by atoms with van der Waals surface area (Å²) in [5.74, 6) is 0. The summed E-state index contributed by atoms with van der Waals surface area (Å²) in [6.07, 6.45) is 0. The van der Waals surface area contributed by atoms with Crippen molar-refractivity contribution < 1.29 is 21.8 Å². The Morgan fingerprint density at radius 3 is 1.43 bits per heavy atom. The summed E-state index contributed by atoms with van der Waals surface area (Å²) in [5.41, 5.74) is 4.73. The minimum Gasteiger partial charge on any atom is -1.00 e. The average molecular weight is 374 g/mol. The van der Waals surface area contributed by atoms with Gasteiger partial charge in [0.2, 0.25) is 0 Å². The molecular formula is C17H21BrMgOSi. The van der Waals surface area contributed by atoms with E-state index in [1.807, 2.05) is 30.8 Å². The topological polar surface area (TPSA) is 23.1 Å². The van der Waals surface area contributed by atoms with Gasteiger partial charge in [-0.15, -0.1) is 0 Å². The Hall–Kier alpha value is -0.137. The fraction of sp³-hybridized carbons (Fsp3) is 0.294. The first kappa shape index (κ1) is 20.9. The number of aryl methyl sites for hydroxylation is 2. The van der Waals surface area contributed by atoms with Crippen molar-refractivity contribution in [3.05, 3.63) is 58.7 Å². The smallest absolute Gasteiger partial charge is 1.00 e. The van der Waals surface area contributed by atoms with Crippen molar-refractivity contribution in [2.45, 2.75) is 34.2 Å². The molecule has 0 aliphatic rings. The van der Waals surface area contributed by atoms with E-state index in [0.29, 0.717) is 0 Å². The molecule has 2 rings (SSSR count). The van der Waals surface area contributed by atoms with Gasteiger partial charge in [0.1, 0.15) is 0 Å². The molecule has 0 atom stereocenters. The predicted octanol–water partition coefficient (Wildman–Crippen LogP) is -1.41. The van der Waals surface area contributed by atoms with Crippen molar-refractivity contribution in [1.82, 2.24) is 0 Å². The molecule has 4 heteroatoms. The molecule has 0 saturated heterocycles. The Morgan fingerprint density at radius 1 is 0.762 bits per heavy atom. The van der Waals surface area contributed by atoms with E-state index in [4.69, 9.17) is 0 Å². The third kappa shape index (κ3) is 3.99. The fourth-order valence-electron chi connectivity index (χ4n) is 2.68. The molecule has 2 aromatic rings. The minimum absolute atomic E-state index is 0. The van der Waals surface area contributed by atoms with Crippen LogP contribution in [-0.2, 0) is 0 Å². The van der Waals surface area contributed by atoms with Crippen LogP contribution in [0.2, 0.25) is 6.55 Å². The zero-order valence-corrected chi connectivity index (χ0v) is 17.5. The molecule has 0 radical (unpaired) electrons. The molecule has 0 aromatic heterocycles. The number of rotatable bonds is 2. The van der Waals surface area contributed by atoms with E-state index in [1.54, 1.807) is 0 Å². The molecule has 0 saturated carbocycles. The first-order valence-corrected chi connectivity index (χ1v) is 9.10. The second-order valence-corrected chi connectivity index (χ2v) is 8.67. The van der Waals surface area contributed by atoms with Crippen LogP contribution in [0.5, 0.6) is 0 Å². The van der Waals surface area contributed by atoms with Crippen LogP contribution in [0, 0.1) is 27.7 Å². The second kappa shape index (κ2) is 7.93. The SMILES string of the molecule is Cc1cccc([Si](C)([O-])c2cccc(C)c2C)c1C.[Br-].[Mg+2]. The molecule has 0 bridgehead atoms. The fourth-order valence-corrected chi connectivity index (χ4v) is 5.63. The van der Waals surface area contributed by atoms with Crippen molar-refractivity contribution >= 4 is 41.7 Å². The van der Waals surface area contributed by atoms with E-state index in [0.717, 1.165) is 21.5 Å². The number of benzene rings is 2. The van der Waals surface area contributed by atoms with Gasteiger partial charge in [-0.25, -0.2) is 0 Å². The third-order valence-electron chi connectivity index (χ3n) is 4.24. The van der Waals surface area contributed by atoms with E-state index in [-0.39, 0.29) is 40.0 Å². The number of hydrogen-bond acceptors (Lipinski definition) is 1. The van der Waals surface area contributed by atoms with Crippen molar-refractivity contribution in [1.29, 1.82) is 0 Å². The van der Waals surface area contributed by atoms with Crippen molar-refractivity contribution in [2.75, 3.05) is 0 Å². The zero-order chi connectivity index (χ0) is 14.2. The van der Waals surface area contributed by atoms with E-state index >= 15 is 0 Å². The Morgan fingerprint density at radius 2 is 1.10 bits per heavy atom. The van der Waals surface area contributed by atoms with Crippen LogP contribution in [0.4, 0.5) is 0 Å². The molecule has 0 fully saturated rings.